The molecule has 3 heterocycles. The molecule has 0 saturated carbocycles. The Kier molecular flexibility index (Phi) is 5.16. The van der Waals surface area contributed by atoms with Crippen molar-refractivity contribution in [2.75, 3.05) is 6.54 Å². The number of rotatable bonds is 6. The van der Waals surface area contributed by atoms with Crippen molar-refractivity contribution in [2.24, 2.45) is 0 Å². The van der Waals surface area contributed by atoms with Crippen LogP contribution in [0.1, 0.15) is 43.5 Å². The fourth-order valence-corrected chi connectivity index (χ4v) is 2.98. The van der Waals surface area contributed by atoms with Gasteiger partial charge in [-0.15, -0.1) is 0 Å². The van der Waals surface area contributed by atoms with E-state index in [1.165, 1.54) is 10.5 Å². The summed E-state index contributed by atoms with van der Waals surface area (Å²) in [7, 11) is 0. The van der Waals surface area contributed by atoms with Crippen molar-refractivity contribution in [3.8, 4) is 0 Å². The zero-order valence-electron chi connectivity index (χ0n) is 15.1. The second-order valence-corrected chi connectivity index (χ2v) is 6.25. The van der Waals surface area contributed by atoms with E-state index in [4.69, 9.17) is 5.41 Å². The van der Waals surface area contributed by atoms with Gasteiger partial charge >= 0.3 is 0 Å². The summed E-state index contributed by atoms with van der Waals surface area (Å²) in [6, 6.07) is 6.83. The molecule has 3 aromatic rings. The van der Waals surface area contributed by atoms with Crippen LogP contribution in [-0.2, 0) is 6.54 Å². The van der Waals surface area contributed by atoms with Crippen LogP contribution in [-0.4, -0.2) is 26.4 Å². The van der Waals surface area contributed by atoms with Crippen molar-refractivity contribution in [1.29, 1.82) is 5.41 Å². The highest BCUT2D eigenvalue weighted by Gasteiger charge is 2.16. The molecule has 3 aromatic heterocycles. The first-order valence-electron chi connectivity index (χ1n) is 8.96. The molecule has 0 fully saturated rings. The SMILES string of the molecule is CCCCNC(=O)c1cc2c(=O)n3ccccc3nc2n(CCC)c1=N. The molecule has 1 amide bonds. The summed E-state index contributed by atoms with van der Waals surface area (Å²) in [5, 5.41) is 11.7. The molecule has 0 aliphatic carbocycles. The minimum absolute atomic E-state index is 0.0838. The van der Waals surface area contributed by atoms with Gasteiger partial charge in [0.2, 0.25) is 0 Å². The molecule has 2 N–H and O–H groups in total. The Bertz CT molecular complexity index is 1080. The highest BCUT2D eigenvalue weighted by molar-refractivity contribution is 5.96. The lowest BCUT2D eigenvalue weighted by Gasteiger charge is -2.14. The lowest BCUT2D eigenvalue weighted by atomic mass is 10.2. The zero-order chi connectivity index (χ0) is 18.7. The quantitative estimate of drug-likeness (QED) is 0.525. The van der Waals surface area contributed by atoms with E-state index in [2.05, 4.69) is 10.3 Å². The fourth-order valence-electron chi connectivity index (χ4n) is 2.98. The van der Waals surface area contributed by atoms with Gasteiger partial charge in [-0.05, 0) is 31.0 Å². The first kappa shape index (κ1) is 17.8. The van der Waals surface area contributed by atoms with Gasteiger partial charge in [-0.1, -0.05) is 26.3 Å². The number of hydrogen-bond donors (Lipinski definition) is 2. The topological polar surface area (TPSA) is 92.2 Å². The van der Waals surface area contributed by atoms with E-state index < -0.39 is 0 Å². The van der Waals surface area contributed by atoms with Crippen molar-refractivity contribution < 1.29 is 4.79 Å². The number of carbonyl (C=O) groups excluding carboxylic acids is 1. The minimum Gasteiger partial charge on any atom is -0.352 e. The molecule has 3 rings (SSSR count). The summed E-state index contributed by atoms with van der Waals surface area (Å²) in [4.78, 5) is 30.0. The van der Waals surface area contributed by atoms with Crippen LogP contribution < -0.4 is 16.4 Å². The van der Waals surface area contributed by atoms with Crippen LogP contribution in [0.25, 0.3) is 16.7 Å². The molecule has 0 saturated heterocycles. The second kappa shape index (κ2) is 7.51. The van der Waals surface area contributed by atoms with Crippen LogP contribution in [0, 0.1) is 5.41 Å². The Hall–Kier alpha value is -2.96. The van der Waals surface area contributed by atoms with Crippen molar-refractivity contribution in [2.45, 2.75) is 39.7 Å². The van der Waals surface area contributed by atoms with Crippen molar-refractivity contribution in [3.63, 3.8) is 0 Å². The van der Waals surface area contributed by atoms with E-state index in [1.807, 2.05) is 19.9 Å². The van der Waals surface area contributed by atoms with E-state index in [0.29, 0.717) is 29.8 Å². The van der Waals surface area contributed by atoms with Crippen LogP contribution in [0.15, 0.2) is 35.3 Å². The summed E-state index contributed by atoms with van der Waals surface area (Å²) >= 11 is 0. The number of amides is 1. The van der Waals surface area contributed by atoms with E-state index in [9.17, 15) is 9.59 Å². The molecule has 0 aliphatic heterocycles. The molecule has 0 unspecified atom stereocenters. The Morgan fingerprint density at radius 3 is 2.81 bits per heavy atom. The highest BCUT2D eigenvalue weighted by atomic mass is 16.1. The molecule has 0 radical (unpaired) electrons. The number of aryl methyl sites for hydroxylation is 1. The number of hydrogen-bond acceptors (Lipinski definition) is 4. The Morgan fingerprint density at radius 1 is 1.27 bits per heavy atom. The molecule has 26 heavy (non-hydrogen) atoms. The maximum absolute atomic E-state index is 12.9. The summed E-state index contributed by atoms with van der Waals surface area (Å²) < 4.78 is 3.11. The van der Waals surface area contributed by atoms with Gasteiger partial charge in [0.1, 0.15) is 16.8 Å². The van der Waals surface area contributed by atoms with Crippen molar-refractivity contribution in [3.05, 3.63) is 51.9 Å². The van der Waals surface area contributed by atoms with Gasteiger partial charge in [0.15, 0.2) is 0 Å². The normalized spacial score (nSPS) is 11.2. The largest absolute Gasteiger partial charge is 0.352 e. The molecule has 136 valence electrons. The molecule has 0 aliphatic rings. The van der Waals surface area contributed by atoms with Crippen LogP contribution in [0.2, 0.25) is 0 Å². The van der Waals surface area contributed by atoms with E-state index >= 15 is 0 Å². The average Bonchev–Trinajstić information content (AvgIpc) is 2.64. The Morgan fingerprint density at radius 2 is 2.08 bits per heavy atom. The van der Waals surface area contributed by atoms with Gasteiger partial charge in [0.05, 0.1) is 10.9 Å². The van der Waals surface area contributed by atoms with Crippen LogP contribution in [0.5, 0.6) is 0 Å². The van der Waals surface area contributed by atoms with Gasteiger partial charge < -0.3 is 9.88 Å². The first-order chi connectivity index (χ1) is 12.6. The standard InChI is InChI=1S/C19H23N5O2/c1-3-5-9-21-18(25)13-12-14-17(24(10-4-2)16(13)20)22-15-8-6-7-11-23(15)19(14)26/h6-8,11-12,20H,3-5,9-10H2,1-2H3,(H,21,25). The zero-order valence-corrected chi connectivity index (χ0v) is 15.1. The maximum atomic E-state index is 12.9. The summed E-state index contributed by atoms with van der Waals surface area (Å²) in [5.41, 5.74) is 1.02. The molecular weight excluding hydrogens is 330 g/mol. The predicted octanol–water partition coefficient (Wildman–Crippen LogP) is 2.07. The smallest absolute Gasteiger partial charge is 0.267 e. The van der Waals surface area contributed by atoms with Crippen LogP contribution >= 0.6 is 0 Å². The van der Waals surface area contributed by atoms with Crippen LogP contribution in [0.4, 0.5) is 0 Å². The average molecular weight is 353 g/mol. The molecule has 0 aromatic carbocycles. The Labute approximate surface area is 150 Å². The van der Waals surface area contributed by atoms with Gasteiger partial charge in [0.25, 0.3) is 11.5 Å². The van der Waals surface area contributed by atoms with Gasteiger partial charge in [-0.2, -0.15) is 0 Å². The van der Waals surface area contributed by atoms with Gasteiger partial charge in [-0.25, -0.2) is 4.98 Å². The van der Waals surface area contributed by atoms with E-state index in [1.54, 1.807) is 22.9 Å². The monoisotopic (exact) mass is 353 g/mol. The summed E-state index contributed by atoms with van der Waals surface area (Å²) in [5.74, 6) is -0.326. The third-order valence-corrected chi connectivity index (χ3v) is 4.33. The van der Waals surface area contributed by atoms with E-state index in [-0.39, 0.29) is 22.5 Å². The third kappa shape index (κ3) is 3.12. The van der Waals surface area contributed by atoms with Crippen molar-refractivity contribution >= 4 is 22.6 Å². The number of pyridine rings is 2. The molecule has 7 heteroatoms. The number of carbonyl (C=O) groups is 1. The summed E-state index contributed by atoms with van der Waals surface area (Å²) in [6.45, 7) is 5.10. The molecule has 0 spiro atoms. The van der Waals surface area contributed by atoms with Gasteiger partial charge in [-0.3, -0.25) is 19.4 Å². The molecule has 0 atom stereocenters. The highest BCUT2D eigenvalue weighted by Crippen LogP contribution is 2.10. The molecular formula is C19H23N5O2. The van der Waals surface area contributed by atoms with Crippen molar-refractivity contribution in [1.82, 2.24) is 19.3 Å². The number of nitrogens with one attached hydrogen (secondary N) is 2. The fraction of sp³-hybridized carbons (Fsp3) is 0.368. The summed E-state index contributed by atoms with van der Waals surface area (Å²) in [6.07, 6.45) is 4.27. The van der Waals surface area contributed by atoms with E-state index in [0.717, 1.165) is 19.3 Å². The number of unbranched alkanes of at least 4 members (excludes halogenated alkanes) is 1. The third-order valence-electron chi connectivity index (χ3n) is 4.33. The predicted molar refractivity (Wildman–Crippen MR) is 100 cm³/mol. The number of fused-ring (bicyclic) bond motifs is 2. The Balaban J connectivity index is 2.27. The number of aromatic nitrogens is 3. The number of nitrogens with zero attached hydrogens (tertiary/aromatic N) is 3. The molecule has 7 nitrogen and oxygen atoms in total. The second-order valence-electron chi connectivity index (χ2n) is 6.25. The minimum atomic E-state index is -0.326. The van der Waals surface area contributed by atoms with Gasteiger partial charge in [0, 0.05) is 19.3 Å². The molecule has 0 bridgehead atoms. The lowest BCUT2D eigenvalue weighted by Crippen LogP contribution is -2.35. The maximum Gasteiger partial charge on any atom is 0.267 e. The van der Waals surface area contributed by atoms with Crippen LogP contribution in [0.3, 0.4) is 0 Å². The first-order valence-corrected chi connectivity index (χ1v) is 8.96. The lowest BCUT2D eigenvalue weighted by molar-refractivity contribution is 0.0950.